The summed E-state index contributed by atoms with van der Waals surface area (Å²) in [6.45, 7) is 2.44. The highest BCUT2D eigenvalue weighted by molar-refractivity contribution is 7.99. The predicted molar refractivity (Wildman–Crippen MR) is 105 cm³/mol. The second kappa shape index (κ2) is 9.14. The van der Waals surface area contributed by atoms with Crippen molar-refractivity contribution in [2.45, 2.75) is 6.54 Å². The highest BCUT2D eigenvalue weighted by atomic mass is 35.5. The molecule has 2 aromatic rings. The van der Waals surface area contributed by atoms with Gasteiger partial charge in [-0.05, 0) is 29.8 Å². The molecule has 0 atom stereocenters. The number of rotatable bonds is 6. The summed E-state index contributed by atoms with van der Waals surface area (Å²) in [6.07, 6.45) is 0. The fourth-order valence-electron chi connectivity index (χ4n) is 2.61. The number of thioether (sulfide) groups is 1. The molecule has 1 amide bonds. The Morgan fingerprint density at radius 3 is 2.62 bits per heavy atom. The fraction of sp³-hybridized carbons (Fsp3) is 0.316. The third-order valence-electron chi connectivity index (χ3n) is 4.06. The van der Waals surface area contributed by atoms with Crippen LogP contribution in [0.3, 0.4) is 0 Å². The minimum absolute atomic E-state index is 0.0321. The van der Waals surface area contributed by atoms with Gasteiger partial charge in [0, 0.05) is 42.9 Å². The Balaban J connectivity index is 1.44. The molecule has 3 rings (SSSR count). The molecule has 26 heavy (non-hydrogen) atoms. The zero-order valence-electron chi connectivity index (χ0n) is 14.2. The van der Waals surface area contributed by atoms with Crippen molar-refractivity contribution in [1.29, 1.82) is 0 Å². The molecular formula is C19H20ClFN2O2S. The standard InChI is InChI=1S/C19H20ClFN2O2S/c20-17-11-16(5-6-18(17)21)25-13-19(24)22-12-14-1-3-15(4-2-14)23-7-9-26-10-8-23/h1-6,11H,7-10,12-13H2,(H,22,24). The minimum Gasteiger partial charge on any atom is -0.484 e. The van der Waals surface area contributed by atoms with Crippen LogP contribution in [-0.4, -0.2) is 37.1 Å². The van der Waals surface area contributed by atoms with Gasteiger partial charge in [-0.2, -0.15) is 11.8 Å². The lowest BCUT2D eigenvalue weighted by molar-refractivity contribution is -0.123. The van der Waals surface area contributed by atoms with E-state index < -0.39 is 5.82 Å². The van der Waals surface area contributed by atoms with Gasteiger partial charge in [0.1, 0.15) is 11.6 Å². The highest BCUT2D eigenvalue weighted by Crippen LogP contribution is 2.21. The summed E-state index contributed by atoms with van der Waals surface area (Å²) in [5.74, 6) is 1.92. The number of amides is 1. The molecular weight excluding hydrogens is 375 g/mol. The Hall–Kier alpha value is -1.92. The molecule has 0 aromatic heterocycles. The van der Waals surface area contributed by atoms with Crippen LogP contribution in [0.2, 0.25) is 5.02 Å². The van der Waals surface area contributed by atoms with E-state index >= 15 is 0 Å². The van der Waals surface area contributed by atoms with Crippen LogP contribution in [0.4, 0.5) is 10.1 Å². The van der Waals surface area contributed by atoms with Gasteiger partial charge in [-0.25, -0.2) is 4.39 Å². The van der Waals surface area contributed by atoms with Crippen LogP contribution in [0.5, 0.6) is 5.75 Å². The quantitative estimate of drug-likeness (QED) is 0.810. The Morgan fingerprint density at radius 1 is 1.19 bits per heavy atom. The molecule has 0 spiro atoms. The van der Waals surface area contributed by atoms with Crippen LogP contribution in [0.15, 0.2) is 42.5 Å². The van der Waals surface area contributed by atoms with Gasteiger partial charge in [-0.3, -0.25) is 4.79 Å². The van der Waals surface area contributed by atoms with Crippen LogP contribution in [0.25, 0.3) is 0 Å². The molecule has 1 N–H and O–H groups in total. The van der Waals surface area contributed by atoms with Gasteiger partial charge in [-0.1, -0.05) is 23.7 Å². The molecule has 1 saturated heterocycles. The number of hydrogen-bond acceptors (Lipinski definition) is 4. The summed E-state index contributed by atoms with van der Waals surface area (Å²) < 4.78 is 18.4. The van der Waals surface area contributed by atoms with E-state index in [2.05, 4.69) is 22.3 Å². The Kier molecular flexibility index (Phi) is 6.63. The molecule has 4 nitrogen and oxygen atoms in total. The minimum atomic E-state index is -0.518. The van der Waals surface area contributed by atoms with Crippen molar-refractivity contribution in [2.24, 2.45) is 0 Å². The smallest absolute Gasteiger partial charge is 0.258 e. The molecule has 0 radical (unpaired) electrons. The maximum Gasteiger partial charge on any atom is 0.258 e. The van der Waals surface area contributed by atoms with Crippen molar-refractivity contribution in [1.82, 2.24) is 5.32 Å². The molecule has 1 aliphatic rings. The normalized spacial score (nSPS) is 14.2. The van der Waals surface area contributed by atoms with Gasteiger partial charge in [0.05, 0.1) is 5.02 Å². The largest absolute Gasteiger partial charge is 0.484 e. The van der Waals surface area contributed by atoms with E-state index in [1.54, 1.807) is 0 Å². The fourth-order valence-corrected chi connectivity index (χ4v) is 3.69. The maximum absolute atomic E-state index is 13.1. The average Bonchev–Trinajstić information content (AvgIpc) is 2.68. The van der Waals surface area contributed by atoms with E-state index in [-0.39, 0.29) is 17.5 Å². The van der Waals surface area contributed by atoms with E-state index in [1.807, 2.05) is 23.9 Å². The Morgan fingerprint density at radius 2 is 1.92 bits per heavy atom. The topological polar surface area (TPSA) is 41.6 Å². The molecule has 0 saturated carbocycles. The molecule has 0 bridgehead atoms. The number of halogens is 2. The molecule has 1 aliphatic heterocycles. The second-order valence-corrected chi connectivity index (χ2v) is 7.54. The number of anilines is 1. The summed E-state index contributed by atoms with van der Waals surface area (Å²) >= 11 is 7.66. The first-order valence-corrected chi connectivity index (χ1v) is 9.91. The summed E-state index contributed by atoms with van der Waals surface area (Å²) in [5.41, 5.74) is 2.25. The summed E-state index contributed by atoms with van der Waals surface area (Å²) in [6, 6.07) is 12.2. The number of benzene rings is 2. The average molecular weight is 395 g/mol. The van der Waals surface area contributed by atoms with Crippen LogP contribution in [0, 0.1) is 5.82 Å². The number of nitrogens with zero attached hydrogens (tertiary/aromatic N) is 1. The van der Waals surface area contributed by atoms with Gasteiger partial charge in [0.25, 0.3) is 5.91 Å². The Bertz CT molecular complexity index is 752. The third-order valence-corrected chi connectivity index (χ3v) is 5.30. The number of carbonyl (C=O) groups excluding carboxylic acids is 1. The van der Waals surface area contributed by atoms with E-state index in [4.69, 9.17) is 16.3 Å². The van der Waals surface area contributed by atoms with Gasteiger partial charge >= 0.3 is 0 Å². The molecule has 0 unspecified atom stereocenters. The predicted octanol–water partition coefficient (Wildman–Crippen LogP) is 3.73. The van der Waals surface area contributed by atoms with E-state index in [9.17, 15) is 9.18 Å². The SMILES string of the molecule is O=C(COc1ccc(F)c(Cl)c1)NCc1ccc(N2CCSCC2)cc1. The monoisotopic (exact) mass is 394 g/mol. The molecule has 1 fully saturated rings. The van der Waals surface area contributed by atoms with Crippen molar-refractivity contribution in [2.75, 3.05) is 36.1 Å². The molecule has 0 aliphatic carbocycles. The maximum atomic E-state index is 13.1. The zero-order chi connectivity index (χ0) is 18.4. The summed E-state index contributed by atoms with van der Waals surface area (Å²) in [5, 5.41) is 2.77. The van der Waals surface area contributed by atoms with Crippen molar-refractivity contribution < 1.29 is 13.9 Å². The van der Waals surface area contributed by atoms with Crippen molar-refractivity contribution >= 4 is 35.0 Å². The highest BCUT2D eigenvalue weighted by Gasteiger charge is 2.11. The van der Waals surface area contributed by atoms with Crippen LogP contribution in [-0.2, 0) is 11.3 Å². The van der Waals surface area contributed by atoms with Gasteiger partial charge < -0.3 is 15.0 Å². The second-order valence-electron chi connectivity index (χ2n) is 5.91. The lowest BCUT2D eigenvalue weighted by atomic mass is 10.2. The third kappa shape index (κ3) is 5.29. The zero-order valence-corrected chi connectivity index (χ0v) is 15.8. The van der Waals surface area contributed by atoms with Crippen molar-refractivity contribution in [3.63, 3.8) is 0 Å². The lowest BCUT2D eigenvalue weighted by Crippen LogP contribution is -2.32. The summed E-state index contributed by atoms with van der Waals surface area (Å²) in [7, 11) is 0. The van der Waals surface area contributed by atoms with E-state index in [0.717, 1.165) is 30.2 Å². The lowest BCUT2D eigenvalue weighted by Gasteiger charge is -2.28. The number of nitrogens with one attached hydrogen (secondary N) is 1. The van der Waals surface area contributed by atoms with Gasteiger partial charge in [-0.15, -0.1) is 0 Å². The Labute approximate surface area is 161 Å². The first-order chi connectivity index (χ1) is 12.6. The summed E-state index contributed by atoms with van der Waals surface area (Å²) in [4.78, 5) is 14.3. The molecule has 2 aromatic carbocycles. The number of ether oxygens (including phenoxy) is 1. The first-order valence-electron chi connectivity index (χ1n) is 8.38. The van der Waals surface area contributed by atoms with Gasteiger partial charge in [0.2, 0.25) is 0 Å². The van der Waals surface area contributed by atoms with Gasteiger partial charge in [0.15, 0.2) is 6.61 Å². The number of carbonyl (C=O) groups is 1. The van der Waals surface area contributed by atoms with Crippen molar-refractivity contribution in [3.05, 3.63) is 58.9 Å². The van der Waals surface area contributed by atoms with Crippen LogP contribution < -0.4 is 15.0 Å². The van der Waals surface area contributed by atoms with Crippen molar-refractivity contribution in [3.8, 4) is 5.75 Å². The van der Waals surface area contributed by atoms with E-state index in [0.29, 0.717) is 12.3 Å². The van der Waals surface area contributed by atoms with Crippen LogP contribution in [0.1, 0.15) is 5.56 Å². The van der Waals surface area contributed by atoms with Crippen LogP contribution >= 0.6 is 23.4 Å². The van der Waals surface area contributed by atoms with E-state index in [1.165, 1.54) is 23.9 Å². The molecule has 7 heteroatoms. The molecule has 138 valence electrons. The first kappa shape index (κ1) is 18.9. The number of hydrogen-bond donors (Lipinski definition) is 1. The molecule has 1 heterocycles.